The van der Waals surface area contributed by atoms with Gasteiger partial charge in [-0.25, -0.2) is 0 Å². The third kappa shape index (κ3) is 5.44. The molecule has 2 N–H and O–H groups in total. The minimum absolute atomic E-state index is 0.0295. The average molecular weight is 375 g/mol. The van der Waals surface area contributed by atoms with Crippen LogP contribution < -0.4 is 15.2 Å². The fourth-order valence-corrected chi connectivity index (χ4v) is 2.48. The Hall–Kier alpha value is -2.63. The van der Waals surface area contributed by atoms with E-state index >= 15 is 0 Å². The number of carbonyl (C=O) groups excluding carboxylic acids is 1. The van der Waals surface area contributed by atoms with Crippen LogP contribution in [-0.4, -0.2) is 55.3 Å². The van der Waals surface area contributed by atoms with Crippen LogP contribution in [0.25, 0.3) is 6.08 Å². The number of benzene rings is 1. The van der Waals surface area contributed by atoms with E-state index in [1.54, 1.807) is 29.2 Å². The third-order valence-electron chi connectivity index (χ3n) is 3.68. The average Bonchev–Trinajstić information content (AvgIpc) is 2.65. The molecule has 1 amide bonds. The van der Waals surface area contributed by atoms with Crippen LogP contribution in [0.5, 0.6) is 11.5 Å². The van der Waals surface area contributed by atoms with Crippen LogP contribution in [0.4, 0.5) is 0 Å². The van der Waals surface area contributed by atoms with Gasteiger partial charge >= 0.3 is 0 Å². The molecule has 2 rings (SSSR count). The molecule has 0 atom stereocenters. The van der Waals surface area contributed by atoms with Gasteiger partial charge in [-0.1, -0.05) is 18.3 Å². The third-order valence-corrected chi connectivity index (χ3v) is 3.90. The number of ether oxygens (including phenoxy) is 3. The Balaban J connectivity index is 2.11. The Labute approximate surface area is 157 Å². The highest BCUT2D eigenvalue weighted by Crippen LogP contribution is 2.29. The maximum Gasteiger partial charge on any atom is 0.260 e. The molecule has 0 spiro atoms. The lowest BCUT2D eigenvalue weighted by Gasteiger charge is -2.26. The quantitative estimate of drug-likeness (QED) is 0.438. The van der Waals surface area contributed by atoms with E-state index in [2.05, 4.69) is 0 Å². The number of nitrogens with zero attached hydrogens (tertiary/aromatic N) is 2. The van der Waals surface area contributed by atoms with E-state index in [1.165, 1.54) is 0 Å². The zero-order chi connectivity index (χ0) is 18.9. The summed E-state index contributed by atoms with van der Waals surface area (Å²) in [7, 11) is 0. The number of thiocarbonyl (C=S) groups is 1. The Morgan fingerprint density at radius 3 is 2.73 bits per heavy atom. The summed E-state index contributed by atoms with van der Waals surface area (Å²) in [5.74, 6) is 0.843. The molecule has 0 aliphatic carbocycles. The molecular formula is C18H21N3O4S. The molecule has 138 valence electrons. The number of hydrogen-bond donors (Lipinski definition) is 1. The summed E-state index contributed by atoms with van der Waals surface area (Å²) in [6, 6.07) is 7.11. The molecule has 1 aromatic rings. The largest absolute Gasteiger partial charge is 0.490 e. The van der Waals surface area contributed by atoms with Gasteiger partial charge in [-0.2, -0.15) is 5.26 Å². The van der Waals surface area contributed by atoms with E-state index in [0.29, 0.717) is 50.0 Å². The second-order valence-electron chi connectivity index (χ2n) is 5.46. The van der Waals surface area contributed by atoms with Crippen LogP contribution in [0.15, 0.2) is 23.8 Å². The van der Waals surface area contributed by atoms with E-state index < -0.39 is 0 Å². The maximum atomic E-state index is 12.2. The number of nitrogens with two attached hydrogens (primary N) is 1. The van der Waals surface area contributed by atoms with E-state index in [-0.39, 0.29) is 23.1 Å². The zero-order valence-electron chi connectivity index (χ0n) is 14.6. The number of amides is 1. The van der Waals surface area contributed by atoms with Crippen molar-refractivity contribution in [3.05, 3.63) is 29.3 Å². The summed E-state index contributed by atoms with van der Waals surface area (Å²) in [5, 5.41) is 9.06. The fourth-order valence-electron chi connectivity index (χ4n) is 2.37. The monoisotopic (exact) mass is 375 g/mol. The second-order valence-corrected chi connectivity index (χ2v) is 5.89. The molecule has 26 heavy (non-hydrogen) atoms. The molecule has 0 radical (unpaired) electrons. The van der Waals surface area contributed by atoms with Crippen molar-refractivity contribution in [2.24, 2.45) is 5.73 Å². The molecule has 0 aromatic heterocycles. The number of carbonyl (C=O) groups is 1. The van der Waals surface area contributed by atoms with Crippen molar-refractivity contribution in [2.75, 3.05) is 39.5 Å². The lowest BCUT2D eigenvalue weighted by atomic mass is 10.1. The Bertz CT molecular complexity index is 736. The van der Waals surface area contributed by atoms with Crippen molar-refractivity contribution in [1.29, 1.82) is 5.26 Å². The van der Waals surface area contributed by atoms with Gasteiger partial charge in [-0.3, -0.25) is 4.79 Å². The first-order chi connectivity index (χ1) is 12.5. The number of rotatable bonds is 7. The first kappa shape index (κ1) is 19.7. The van der Waals surface area contributed by atoms with Gasteiger partial charge in [0.25, 0.3) is 5.91 Å². The molecule has 0 unspecified atom stereocenters. The molecule has 1 aromatic carbocycles. The van der Waals surface area contributed by atoms with Gasteiger partial charge in [0.1, 0.15) is 11.1 Å². The molecule has 1 fully saturated rings. The van der Waals surface area contributed by atoms with Gasteiger partial charge in [0.15, 0.2) is 18.1 Å². The number of nitriles is 1. The van der Waals surface area contributed by atoms with Crippen LogP contribution in [0.2, 0.25) is 0 Å². The topological polar surface area (TPSA) is 97.8 Å². The van der Waals surface area contributed by atoms with Crippen molar-refractivity contribution in [1.82, 2.24) is 4.90 Å². The molecule has 1 saturated heterocycles. The Kier molecular flexibility index (Phi) is 7.38. The normalized spacial score (nSPS) is 14.5. The molecule has 1 heterocycles. The molecule has 7 nitrogen and oxygen atoms in total. The van der Waals surface area contributed by atoms with E-state index in [9.17, 15) is 4.79 Å². The van der Waals surface area contributed by atoms with Crippen LogP contribution >= 0.6 is 12.2 Å². The smallest absolute Gasteiger partial charge is 0.260 e. The zero-order valence-corrected chi connectivity index (χ0v) is 15.4. The van der Waals surface area contributed by atoms with Gasteiger partial charge in [0.2, 0.25) is 0 Å². The van der Waals surface area contributed by atoms with E-state index in [4.69, 9.17) is 37.4 Å². The van der Waals surface area contributed by atoms with Crippen molar-refractivity contribution >= 4 is 29.2 Å². The highest BCUT2D eigenvalue weighted by molar-refractivity contribution is 7.80. The van der Waals surface area contributed by atoms with Gasteiger partial charge in [0, 0.05) is 13.1 Å². The lowest BCUT2D eigenvalue weighted by molar-refractivity contribution is -0.137. The van der Waals surface area contributed by atoms with Crippen LogP contribution in [0.1, 0.15) is 12.5 Å². The first-order valence-electron chi connectivity index (χ1n) is 8.22. The minimum Gasteiger partial charge on any atom is -0.490 e. The molecule has 0 saturated carbocycles. The highest BCUT2D eigenvalue weighted by atomic mass is 32.1. The summed E-state index contributed by atoms with van der Waals surface area (Å²) in [5.41, 5.74) is 6.41. The molecule has 0 bridgehead atoms. The van der Waals surface area contributed by atoms with Crippen LogP contribution in [0.3, 0.4) is 0 Å². The predicted molar refractivity (Wildman–Crippen MR) is 101 cm³/mol. The second kappa shape index (κ2) is 9.75. The van der Waals surface area contributed by atoms with Gasteiger partial charge in [-0.05, 0) is 30.7 Å². The predicted octanol–water partition coefficient (Wildman–Crippen LogP) is 1.52. The van der Waals surface area contributed by atoms with Gasteiger partial charge in [0.05, 0.1) is 25.4 Å². The number of morpholine rings is 1. The summed E-state index contributed by atoms with van der Waals surface area (Å²) in [4.78, 5) is 13.9. The summed E-state index contributed by atoms with van der Waals surface area (Å²) in [6.07, 6.45) is 1.58. The summed E-state index contributed by atoms with van der Waals surface area (Å²) < 4.78 is 16.5. The number of hydrogen-bond acceptors (Lipinski definition) is 6. The molecular weight excluding hydrogens is 354 g/mol. The van der Waals surface area contributed by atoms with E-state index in [0.717, 1.165) is 0 Å². The Morgan fingerprint density at radius 1 is 1.38 bits per heavy atom. The standard InChI is InChI=1S/C18H21N3O4S/c1-2-24-16-10-13(9-14(11-19)18(20)26)3-4-15(16)25-12-17(22)21-5-7-23-8-6-21/h3-4,9-10H,2,5-8,12H2,1H3,(H2,20,26). The molecule has 1 aliphatic heterocycles. The Morgan fingerprint density at radius 2 is 2.12 bits per heavy atom. The van der Waals surface area contributed by atoms with Crippen molar-refractivity contribution < 1.29 is 19.0 Å². The van der Waals surface area contributed by atoms with Crippen LogP contribution in [-0.2, 0) is 9.53 Å². The van der Waals surface area contributed by atoms with Crippen LogP contribution in [0, 0.1) is 11.3 Å². The summed E-state index contributed by atoms with van der Waals surface area (Å²) in [6.45, 7) is 4.43. The van der Waals surface area contributed by atoms with Gasteiger partial charge in [-0.15, -0.1) is 0 Å². The highest BCUT2D eigenvalue weighted by Gasteiger charge is 2.18. The van der Waals surface area contributed by atoms with Crippen molar-refractivity contribution in [2.45, 2.75) is 6.92 Å². The summed E-state index contributed by atoms with van der Waals surface area (Å²) >= 11 is 4.84. The van der Waals surface area contributed by atoms with Crippen molar-refractivity contribution in [3.8, 4) is 17.6 Å². The first-order valence-corrected chi connectivity index (χ1v) is 8.62. The SMILES string of the molecule is CCOc1cc(C=C(C#N)C(N)=S)ccc1OCC(=O)N1CCOCC1. The minimum atomic E-state index is -0.0973. The maximum absolute atomic E-state index is 12.2. The fraction of sp³-hybridized carbons (Fsp3) is 0.389. The molecule has 1 aliphatic rings. The van der Waals surface area contributed by atoms with Crippen molar-refractivity contribution in [3.63, 3.8) is 0 Å². The van der Waals surface area contributed by atoms with E-state index in [1.807, 2.05) is 13.0 Å². The van der Waals surface area contributed by atoms with Gasteiger partial charge < -0.3 is 24.8 Å². The lowest BCUT2D eigenvalue weighted by Crippen LogP contribution is -2.43. The molecule has 8 heteroatoms.